The lowest BCUT2D eigenvalue weighted by Gasteiger charge is -2.02. The molecule has 1 N–H and O–H groups in total. The molecule has 0 saturated carbocycles. The molecule has 0 radical (unpaired) electrons. The van der Waals surface area contributed by atoms with Gasteiger partial charge in [-0.2, -0.15) is 0 Å². The minimum absolute atomic E-state index is 0.0593. The van der Waals surface area contributed by atoms with E-state index >= 15 is 0 Å². The van der Waals surface area contributed by atoms with E-state index in [-0.39, 0.29) is 5.69 Å². The zero-order valence-corrected chi connectivity index (χ0v) is 8.63. The quantitative estimate of drug-likeness (QED) is 0.640. The number of phenols is 1. The zero-order chi connectivity index (χ0) is 12.4. The molecule has 2 aromatic rings. The van der Waals surface area contributed by atoms with Gasteiger partial charge in [-0.05, 0) is 23.3 Å². The Morgan fingerprint density at radius 1 is 1.12 bits per heavy atom. The Kier molecular flexibility index (Phi) is 2.74. The summed E-state index contributed by atoms with van der Waals surface area (Å²) >= 11 is 0. The number of nitrogens with zero attached hydrogens (tertiary/aromatic N) is 1. The van der Waals surface area contributed by atoms with Crippen molar-refractivity contribution >= 4 is 5.69 Å². The van der Waals surface area contributed by atoms with E-state index in [0.717, 1.165) is 6.07 Å². The van der Waals surface area contributed by atoms with Crippen LogP contribution in [0.1, 0.15) is 0 Å². The van der Waals surface area contributed by atoms with E-state index in [1.807, 2.05) is 0 Å². The highest BCUT2D eigenvalue weighted by molar-refractivity contribution is 5.66. The molecule has 0 spiro atoms. The van der Waals surface area contributed by atoms with Gasteiger partial charge in [0.25, 0.3) is 5.69 Å². The summed E-state index contributed by atoms with van der Waals surface area (Å²) < 4.78 is 13.1. The van der Waals surface area contributed by atoms with Crippen LogP contribution < -0.4 is 0 Å². The van der Waals surface area contributed by atoms with Crippen molar-refractivity contribution in [2.45, 2.75) is 0 Å². The summed E-state index contributed by atoms with van der Waals surface area (Å²) in [6, 6.07) is 9.72. The number of nitro groups is 1. The molecule has 0 bridgehead atoms. The Morgan fingerprint density at radius 3 is 2.47 bits per heavy atom. The second-order valence-electron chi connectivity index (χ2n) is 3.47. The second-order valence-corrected chi connectivity index (χ2v) is 3.47. The molecule has 0 fully saturated rings. The van der Waals surface area contributed by atoms with Crippen LogP contribution in [0.25, 0.3) is 11.1 Å². The van der Waals surface area contributed by atoms with E-state index in [1.165, 1.54) is 30.3 Å². The minimum Gasteiger partial charge on any atom is -0.505 e. The van der Waals surface area contributed by atoms with Crippen LogP contribution in [0.4, 0.5) is 10.1 Å². The van der Waals surface area contributed by atoms with Crippen molar-refractivity contribution < 1.29 is 14.4 Å². The molecule has 0 aliphatic heterocycles. The van der Waals surface area contributed by atoms with Crippen LogP contribution in [0.2, 0.25) is 0 Å². The number of benzene rings is 2. The molecular weight excluding hydrogens is 225 g/mol. The van der Waals surface area contributed by atoms with Gasteiger partial charge in [0.2, 0.25) is 0 Å². The molecule has 86 valence electrons. The molecule has 0 aliphatic carbocycles. The number of hydrogen-bond acceptors (Lipinski definition) is 3. The summed E-state index contributed by atoms with van der Waals surface area (Å²) in [6.45, 7) is 0. The van der Waals surface area contributed by atoms with Crippen LogP contribution in [0, 0.1) is 15.9 Å². The third kappa shape index (κ3) is 2.23. The van der Waals surface area contributed by atoms with Crippen LogP contribution in [-0.2, 0) is 0 Å². The molecule has 0 unspecified atom stereocenters. The Labute approximate surface area is 96.1 Å². The lowest BCUT2D eigenvalue weighted by Crippen LogP contribution is -1.88. The first-order chi connectivity index (χ1) is 8.08. The molecule has 4 nitrogen and oxygen atoms in total. The van der Waals surface area contributed by atoms with Crippen molar-refractivity contribution in [2.75, 3.05) is 0 Å². The van der Waals surface area contributed by atoms with E-state index < -0.39 is 16.5 Å². The maximum absolute atomic E-state index is 13.1. The summed E-state index contributed by atoms with van der Waals surface area (Å²) in [5.41, 5.74) is 0.943. The molecule has 0 saturated heterocycles. The number of nitro benzene ring substituents is 1. The summed E-state index contributed by atoms with van der Waals surface area (Å²) in [7, 11) is 0. The topological polar surface area (TPSA) is 63.4 Å². The van der Waals surface area contributed by atoms with Crippen molar-refractivity contribution in [1.82, 2.24) is 0 Å². The van der Waals surface area contributed by atoms with Crippen molar-refractivity contribution in [3.63, 3.8) is 0 Å². The molecule has 2 rings (SSSR count). The van der Waals surface area contributed by atoms with E-state index in [0.29, 0.717) is 11.1 Å². The lowest BCUT2D eigenvalue weighted by molar-refractivity contribution is -0.384. The fraction of sp³-hybridized carbons (Fsp3) is 0. The van der Waals surface area contributed by atoms with Crippen LogP contribution in [0.5, 0.6) is 5.75 Å². The first kappa shape index (κ1) is 11.1. The van der Waals surface area contributed by atoms with Gasteiger partial charge in [-0.1, -0.05) is 18.2 Å². The zero-order valence-electron chi connectivity index (χ0n) is 8.63. The maximum Gasteiger partial charge on any atom is 0.270 e. The van der Waals surface area contributed by atoms with Crippen LogP contribution in [0.3, 0.4) is 0 Å². The molecule has 0 aromatic heterocycles. The molecular formula is C12H8FNO3. The molecule has 0 amide bonds. The summed E-state index contributed by atoms with van der Waals surface area (Å²) in [4.78, 5) is 10.1. The van der Waals surface area contributed by atoms with Crippen molar-refractivity contribution in [2.24, 2.45) is 0 Å². The van der Waals surface area contributed by atoms with Gasteiger partial charge in [-0.25, -0.2) is 4.39 Å². The third-order valence-corrected chi connectivity index (χ3v) is 2.34. The summed E-state index contributed by atoms with van der Waals surface area (Å²) in [5.74, 6) is -1.20. The van der Waals surface area contributed by atoms with E-state index in [2.05, 4.69) is 0 Å². The number of non-ortho nitro benzene ring substituents is 1. The molecule has 5 heteroatoms. The predicted molar refractivity (Wildman–Crippen MR) is 60.2 cm³/mol. The van der Waals surface area contributed by atoms with Gasteiger partial charge < -0.3 is 5.11 Å². The lowest BCUT2D eigenvalue weighted by atomic mass is 10.0. The Hall–Kier alpha value is -2.43. The molecule has 17 heavy (non-hydrogen) atoms. The van der Waals surface area contributed by atoms with E-state index in [1.54, 1.807) is 6.07 Å². The second kappa shape index (κ2) is 4.21. The largest absolute Gasteiger partial charge is 0.505 e. The molecule has 0 atom stereocenters. The van der Waals surface area contributed by atoms with Crippen LogP contribution in [0.15, 0.2) is 42.5 Å². The van der Waals surface area contributed by atoms with Gasteiger partial charge in [-0.15, -0.1) is 0 Å². The summed E-state index contributed by atoms with van der Waals surface area (Å²) in [6.07, 6.45) is 0. The van der Waals surface area contributed by atoms with E-state index in [9.17, 15) is 14.5 Å². The van der Waals surface area contributed by atoms with Gasteiger partial charge in [0, 0.05) is 12.1 Å². The maximum atomic E-state index is 13.1. The average molecular weight is 233 g/mol. The number of aromatic hydroxyl groups is 1. The molecule has 0 aliphatic rings. The van der Waals surface area contributed by atoms with Crippen molar-refractivity contribution in [1.29, 1.82) is 0 Å². The van der Waals surface area contributed by atoms with Gasteiger partial charge in [0.15, 0.2) is 11.6 Å². The fourth-order valence-corrected chi connectivity index (χ4v) is 1.49. The number of phenolic OH excluding ortho intramolecular Hbond substituents is 1. The minimum atomic E-state index is -0.756. The highest BCUT2D eigenvalue weighted by Gasteiger charge is 2.08. The Balaban J connectivity index is 2.49. The third-order valence-electron chi connectivity index (χ3n) is 2.34. The van der Waals surface area contributed by atoms with E-state index in [4.69, 9.17) is 5.11 Å². The number of hydrogen-bond donors (Lipinski definition) is 1. The smallest absolute Gasteiger partial charge is 0.270 e. The standard InChI is InChI=1S/C12H8FNO3/c13-11-7-9(4-5-12(11)15)8-2-1-3-10(6-8)14(16)17/h1-7,15H. The van der Waals surface area contributed by atoms with Crippen LogP contribution >= 0.6 is 0 Å². The SMILES string of the molecule is O=[N+]([O-])c1cccc(-c2ccc(O)c(F)c2)c1. The monoisotopic (exact) mass is 233 g/mol. The number of halogens is 1. The highest BCUT2D eigenvalue weighted by atomic mass is 19.1. The normalized spacial score (nSPS) is 10.2. The van der Waals surface area contributed by atoms with Crippen LogP contribution in [-0.4, -0.2) is 10.0 Å². The van der Waals surface area contributed by atoms with Gasteiger partial charge in [-0.3, -0.25) is 10.1 Å². The van der Waals surface area contributed by atoms with Gasteiger partial charge in [0.05, 0.1) is 4.92 Å². The van der Waals surface area contributed by atoms with Crippen molar-refractivity contribution in [3.8, 4) is 16.9 Å². The highest BCUT2D eigenvalue weighted by Crippen LogP contribution is 2.27. The first-order valence-electron chi connectivity index (χ1n) is 4.81. The average Bonchev–Trinajstić information content (AvgIpc) is 2.33. The van der Waals surface area contributed by atoms with Crippen molar-refractivity contribution in [3.05, 3.63) is 58.4 Å². The summed E-state index contributed by atoms with van der Waals surface area (Å²) in [5, 5.41) is 19.6. The number of rotatable bonds is 2. The Bertz CT molecular complexity index is 584. The van der Waals surface area contributed by atoms with Gasteiger partial charge in [0.1, 0.15) is 0 Å². The van der Waals surface area contributed by atoms with Gasteiger partial charge >= 0.3 is 0 Å². The molecule has 0 heterocycles. The predicted octanol–water partition coefficient (Wildman–Crippen LogP) is 3.11. The molecule has 2 aromatic carbocycles. The Morgan fingerprint density at radius 2 is 1.82 bits per heavy atom. The fourth-order valence-electron chi connectivity index (χ4n) is 1.49. The first-order valence-corrected chi connectivity index (χ1v) is 4.81.